The summed E-state index contributed by atoms with van der Waals surface area (Å²) >= 11 is 0. The number of hydrogen-bond acceptors (Lipinski definition) is 15. The molecule has 2 unspecified atom stereocenters. The molecule has 15 atom stereocenters. The highest BCUT2D eigenvalue weighted by atomic mass is 16.7. The molecule has 3 aliphatic heterocycles. The Labute approximate surface area is 193 Å². The SMILES string of the molecule is C[C@@H]1OC([C@]2(O)[C@H](O[C@H]3[C@H](O)[C@@H](O)C(O)O[C@@H]3CO)O[C@H](CO)[C@H](O)[C@@H]2O)[C@@H](O)[C@H](O)[C@@H]1O.O. The summed E-state index contributed by atoms with van der Waals surface area (Å²) in [4.78, 5) is 0. The molecule has 0 aromatic heterocycles. The number of aliphatic hydroxyl groups is 11. The first-order chi connectivity index (χ1) is 15.4. The molecule has 0 aliphatic carbocycles. The average molecular weight is 506 g/mol. The Kier molecular flexibility index (Phi) is 9.73. The number of aliphatic hydroxyl groups excluding tert-OH is 10. The Balaban J connectivity index is 0.00000408. The molecule has 0 aromatic rings. The fourth-order valence-electron chi connectivity index (χ4n) is 4.37. The molecule has 16 nitrogen and oxygen atoms in total. The first-order valence-corrected chi connectivity index (χ1v) is 10.4. The van der Waals surface area contributed by atoms with Crippen LogP contribution in [0.2, 0.25) is 0 Å². The standard InChI is InChI=1S/C18H32O15.H2O/c1-4-7(21)9(23)11(25)15(30-4)18(29)14(27)8(22)5(2-19)32-17(18)33-13-6(3-20)31-16(28)12(26)10(13)24;/h4-17,19-29H,2-3H2,1H3;1H2/t4-,5+,6+,7+,8-,9+,10+,11-,12+,13+,14-,15?,16?,17-,18-;/m0./s1. The van der Waals surface area contributed by atoms with Gasteiger partial charge in [0.1, 0.15) is 67.1 Å². The lowest BCUT2D eigenvalue weighted by Crippen LogP contribution is -2.77. The van der Waals surface area contributed by atoms with Crippen LogP contribution in [0.3, 0.4) is 0 Å². The van der Waals surface area contributed by atoms with Crippen LogP contribution in [0.5, 0.6) is 0 Å². The van der Waals surface area contributed by atoms with Crippen molar-refractivity contribution in [1.82, 2.24) is 0 Å². The Bertz CT molecular complexity index is 651. The highest BCUT2D eigenvalue weighted by molar-refractivity contribution is 5.11. The number of hydrogen-bond donors (Lipinski definition) is 11. The van der Waals surface area contributed by atoms with Gasteiger partial charge in [0.25, 0.3) is 0 Å². The molecule has 3 aliphatic rings. The molecule has 13 N–H and O–H groups in total. The normalized spacial score (nSPS) is 54.4. The summed E-state index contributed by atoms with van der Waals surface area (Å²) < 4.78 is 21.3. The van der Waals surface area contributed by atoms with Crippen LogP contribution >= 0.6 is 0 Å². The summed E-state index contributed by atoms with van der Waals surface area (Å²) in [5, 5.41) is 112. The minimum absolute atomic E-state index is 0. The molecule has 0 amide bonds. The minimum Gasteiger partial charge on any atom is -0.412 e. The van der Waals surface area contributed by atoms with Crippen LogP contribution in [0, 0.1) is 0 Å². The van der Waals surface area contributed by atoms with E-state index in [1.807, 2.05) is 0 Å². The monoisotopic (exact) mass is 506 g/mol. The van der Waals surface area contributed by atoms with Gasteiger partial charge in [0.2, 0.25) is 0 Å². The van der Waals surface area contributed by atoms with Crippen molar-refractivity contribution in [3.05, 3.63) is 0 Å². The fourth-order valence-corrected chi connectivity index (χ4v) is 4.37. The van der Waals surface area contributed by atoms with Crippen molar-refractivity contribution in [2.24, 2.45) is 0 Å². The van der Waals surface area contributed by atoms with E-state index < -0.39 is 105 Å². The van der Waals surface area contributed by atoms with Crippen molar-refractivity contribution in [3.63, 3.8) is 0 Å². The molecule has 3 fully saturated rings. The minimum atomic E-state index is -2.89. The molecular weight excluding hydrogens is 472 g/mol. The molecule has 3 rings (SSSR count). The third-order valence-corrected chi connectivity index (χ3v) is 6.46. The maximum atomic E-state index is 11.5. The highest BCUT2D eigenvalue weighted by Gasteiger charge is 2.65. The zero-order valence-corrected chi connectivity index (χ0v) is 18.0. The third-order valence-electron chi connectivity index (χ3n) is 6.46. The summed E-state index contributed by atoms with van der Waals surface area (Å²) in [6.07, 6.45) is -25.3. The van der Waals surface area contributed by atoms with Crippen LogP contribution in [0.25, 0.3) is 0 Å². The van der Waals surface area contributed by atoms with Crippen molar-refractivity contribution >= 4 is 0 Å². The molecule has 0 bridgehead atoms. The van der Waals surface area contributed by atoms with Crippen molar-refractivity contribution in [3.8, 4) is 0 Å². The quantitative estimate of drug-likeness (QED) is 0.165. The lowest BCUT2D eigenvalue weighted by Gasteiger charge is -2.55. The van der Waals surface area contributed by atoms with Crippen LogP contribution in [0.15, 0.2) is 0 Å². The van der Waals surface area contributed by atoms with Gasteiger partial charge in [0.05, 0.1) is 19.3 Å². The van der Waals surface area contributed by atoms with E-state index in [9.17, 15) is 56.2 Å². The molecule has 0 saturated carbocycles. The molecule has 3 heterocycles. The van der Waals surface area contributed by atoms with Crippen molar-refractivity contribution in [1.29, 1.82) is 0 Å². The average Bonchev–Trinajstić information content (AvgIpc) is 2.80. The number of ether oxygens (including phenoxy) is 4. The third kappa shape index (κ3) is 4.83. The largest absolute Gasteiger partial charge is 0.412 e. The maximum Gasteiger partial charge on any atom is 0.192 e. The summed E-state index contributed by atoms with van der Waals surface area (Å²) in [6.45, 7) is -0.405. The van der Waals surface area contributed by atoms with E-state index in [0.29, 0.717) is 0 Å². The van der Waals surface area contributed by atoms with Gasteiger partial charge in [0.15, 0.2) is 18.2 Å². The summed E-state index contributed by atoms with van der Waals surface area (Å²) in [7, 11) is 0. The first-order valence-electron chi connectivity index (χ1n) is 10.4. The van der Waals surface area contributed by atoms with Crippen LogP contribution in [0.4, 0.5) is 0 Å². The molecule has 0 spiro atoms. The Morgan fingerprint density at radius 2 is 1.29 bits per heavy atom. The van der Waals surface area contributed by atoms with Gasteiger partial charge in [-0.1, -0.05) is 0 Å². The van der Waals surface area contributed by atoms with Crippen LogP contribution < -0.4 is 0 Å². The molecule has 16 heteroatoms. The van der Waals surface area contributed by atoms with E-state index in [0.717, 1.165) is 0 Å². The van der Waals surface area contributed by atoms with E-state index in [1.165, 1.54) is 6.92 Å². The van der Waals surface area contributed by atoms with Gasteiger partial charge < -0.3 is 80.6 Å². The smallest absolute Gasteiger partial charge is 0.192 e. The highest BCUT2D eigenvalue weighted by Crippen LogP contribution is 2.41. The second kappa shape index (κ2) is 11.2. The zero-order valence-electron chi connectivity index (χ0n) is 18.0. The van der Waals surface area contributed by atoms with Gasteiger partial charge in [-0.05, 0) is 6.92 Å². The van der Waals surface area contributed by atoms with Crippen LogP contribution in [-0.4, -0.2) is 166 Å². The van der Waals surface area contributed by atoms with Crippen molar-refractivity contribution in [2.45, 2.75) is 98.4 Å². The summed E-state index contributed by atoms with van der Waals surface area (Å²) in [5.74, 6) is 0. The van der Waals surface area contributed by atoms with Crippen molar-refractivity contribution < 1.29 is 80.6 Å². The maximum absolute atomic E-state index is 11.5. The first kappa shape index (κ1) is 29.6. The van der Waals surface area contributed by atoms with Crippen LogP contribution in [-0.2, 0) is 18.9 Å². The van der Waals surface area contributed by atoms with Crippen LogP contribution in [0.1, 0.15) is 6.92 Å². The zero-order chi connectivity index (χ0) is 24.8. The molecule has 0 aromatic carbocycles. The van der Waals surface area contributed by atoms with Crippen molar-refractivity contribution in [2.75, 3.05) is 13.2 Å². The molecule has 202 valence electrons. The van der Waals surface area contributed by atoms with Gasteiger partial charge in [0, 0.05) is 0 Å². The summed E-state index contributed by atoms with van der Waals surface area (Å²) in [5.41, 5.74) is -2.89. The second-order valence-corrected chi connectivity index (χ2v) is 8.57. The van der Waals surface area contributed by atoms with E-state index in [1.54, 1.807) is 0 Å². The van der Waals surface area contributed by atoms with Gasteiger partial charge in [-0.2, -0.15) is 0 Å². The van der Waals surface area contributed by atoms with Gasteiger partial charge in [-0.25, -0.2) is 0 Å². The van der Waals surface area contributed by atoms with E-state index >= 15 is 0 Å². The molecular formula is C18H34O16. The molecule has 0 radical (unpaired) electrons. The van der Waals surface area contributed by atoms with Gasteiger partial charge >= 0.3 is 0 Å². The lowest BCUT2D eigenvalue weighted by atomic mass is 9.76. The van der Waals surface area contributed by atoms with E-state index in [2.05, 4.69) is 0 Å². The predicted octanol–water partition coefficient (Wildman–Crippen LogP) is -7.98. The van der Waals surface area contributed by atoms with Gasteiger partial charge in [-0.15, -0.1) is 0 Å². The summed E-state index contributed by atoms with van der Waals surface area (Å²) in [6, 6.07) is 0. The molecule has 34 heavy (non-hydrogen) atoms. The predicted molar refractivity (Wildman–Crippen MR) is 104 cm³/mol. The topological polar surface area (TPSA) is 291 Å². The van der Waals surface area contributed by atoms with E-state index in [4.69, 9.17) is 18.9 Å². The van der Waals surface area contributed by atoms with E-state index in [-0.39, 0.29) is 5.48 Å². The number of rotatable bonds is 5. The fraction of sp³-hybridized carbons (Fsp3) is 1.00. The lowest BCUT2D eigenvalue weighted by molar-refractivity contribution is -0.406. The van der Waals surface area contributed by atoms with Gasteiger partial charge in [-0.3, -0.25) is 0 Å². The Hall–Kier alpha value is -0.640. The Morgan fingerprint density at radius 1 is 0.706 bits per heavy atom. The molecule has 3 saturated heterocycles. The second-order valence-electron chi connectivity index (χ2n) is 8.57. The Morgan fingerprint density at radius 3 is 1.85 bits per heavy atom.